The van der Waals surface area contributed by atoms with Crippen molar-refractivity contribution >= 4 is 10.0 Å². The first-order valence-corrected chi connectivity index (χ1v) is 7.98. The summed E-state index contributed by atoms with van der Waals surface area (Å²) in [5.41, 5.74) is 0. The molecule has 112 valence electrons. The minimum atomic E-state index is -3.94. The van der Waals surface area contributed by atoms with Crippen molar-refractivity contribution in [3.8, 4) is 0 Å². The van der Waals surface area contributed by atoms with Crippen molar-refractivity contribution in [2.75, 3.05) is 13.2 Å². The Balaban J connectivity index is 2.36. The fraction of sp³-hybridized carbons (Fsp3) is 0.538. The lowest BCUT2D eigenvalue weighted by atomic mass is 10.0. The second kappa shape index (κ2) is 6.15. The Labute approximate surface area is 117 Å². The molecule has 0 spiro atoms. The van der Waals surface area contributed by atoms with Crippen molar-refractivity contribution in [1.29, 1.82) is 0 Å². The molecule has 1 aliphatic rings. The van der Waals surface area contributed by atoms with E-state index in [1.807, 2.05) is 0 Å². The Morgan fingerprint density at radius 3 is 2.45 bits per heavy atom. The first-order valence-electron chi connectivity index (χ1n) is 6.54. The van der Waals surface area contributed by atoms with E-state index in [0.29, 0.717) is 31.9 Å². The van der Waals surface area contributed by atoms with Crippen LogP contribution < -0.4 is 0 Å². The van der Waals surface area contributed by atoms with Crippen molar-refractivity contribution in [2.24, 2.45) is 0 Å². The predicted molar refractivity (Wildman–Crippen MR) is 69.6 cm³/mol. The Bertz CT molecular complexity index is 555. The van der Waals surface area contributed by atoms with E-state index in [1.54, 1.807) is 0 Å². The quantitative estimate of drug-likeness (QED) is 0.924. The van der Waals surface area contributed by atoms with Gasteiger partial charge in [0.15, 0.2) is 0 Å². The second-order valence-corrected chi connectivity index (χ2v) is 6.77. The fourth-order valence-corrected chi connectivity index (χ4v) is 4.31. The van der Waals surface area contributed by atoms with E-state index in [2.05, 4.69) is 0 Å². The Hall–Kier alpha value is -1.05. The average Bonchev–Trinajstić information content (AvgIpc) is 2.38. The summed E-state index contributed by atoms with van der Waals surface area (Å²) < 4.78 is 52.6. The number of aliphatic hydroxyl groups excluding tert-OH is 1. The van der Waals surface area contributed by atoms with Crippen LogP contribution >= 0.6 is 0 Å². The van der Waals surface area contributed by atoms with Gasteiger partial charge in [0, 0.05) is 25.3 Å². The molecule has 1 fully saturated rings. The molecule has 0 bridgehead atoms. The monoisotopic (exact) mass is 305 g/mol. The number of hydrogen-bond donors (Lipinski definition) is 1. The minimum absolute atomic E-state index is 0.117. The lowest BCUT2D eigenvalue weighted by molar-refractivity contribution is 0.192. The largest absolute Gasteiger partial charge is 0.396 e. The maximum atomic E-state index is 13.2. The van der Waals surface area contributed by atoms with Gasteiger partial charge in [-0.2, -0.15) is 4.31 Å². The number of sulfonamides is 1. The highest BCUT2D eigenvalue weighted by atomic mass is 32.2. The molecule has 7 heteroatoms. The van der Waals surface area contributed by atoms with Gasteiger partial charge >= 0.3 is 0 Å². The molecule has 1 atom stereocenters. The van der Waals surface area contributed by atoms with Crippen molar-refractivity contribution < 1.29 is 22.3 Å². The van der Waals surface area contributed by atoms with E-state index >= 15 is 0 Å². The van der Waals surface area contributed by atoms with Gasteiger partial charge in [0.2, 0.25) is 10.0 Å². The van der Waals surface area contributed by atoms with Crippen LogP contribution in [0.4, 0.5) is 8.78 Å². The topological polar surface area (TPSA) is 57.6 Å². The zero-order valence-electron chi connectivity index (χ0n) is 10.9. The van der Waals surface area contributed by atoms with Crippen LogP contribution in [0.5, 0.6) is 0 Å². The molecule has 0 amide bonds. The number of piperidine rings is 1. The number of rotatable bonds is 4. The third kappa shape index (κ3) is 3.16. The predicted octanol–water partition coefficient (Wildman–Crippen LogP) is 1.89. The molecule has 0 aromatic heterocycles. The van der Waals surface area contributed by atoms with Crippen LogP contribution in [-0.4, -0.2) is 37.0 Å². The molecule has 2 rings (SSSR count). The Morgan fingerprint density at radius 2 is 1.85 bits per heavy atom. The van der Waals surface area contributed by atoms with Gasteiger partial charge in [-0.05, 0) is 31.4 Å². The number of benzene rings is 1. The van der Waals surface area contributed by atoms with Crippen molar-refractivity contribution in [1.82, 2.24) is 4.31 Å². The van der Waals surface area contributed by atoms with E-state index < -0.39 is 21.7 Å². The van der Waals surface area contributed by atoms with Gasteiger partial charge in [0.05, 0.1) is 4.90 Å². The lowest BCUT2D eigenvalue weighted by Crippen LogP contribution is -2.44. The maximum Gasteiger partial charge on any atom is 0.243 e. The smallest absolute Gasteiger partial charge is 0.243 e. The summed E-state index contributed by atoms with van der Waals surface area (Å²) in [5.74, 6) is -1.83. The summed E-state index contributed by atoms with van der Waals surface area (Å²) >= 11 is 0. The highest BCUT2D eigenvalue weighted by molar-refractivity contribution is 7.89. The van der Waals surface area contributed by atoms with E-state index in [4.69, 9.17) is 5.11 Å². The van der Waals surface area contributed by atoms with E-state index in [9.17, 15) is 17.2 Å². The number of hydrogen-bond acceptors (Lipinski definition) is 3. The van der Waals surface area contributed by atoms with Gasteiger partial charge in [0.1, 0.15) is 11.6 Å². The Kier molecular flexibility index (Phi) is 4.72. The molecule has 20 heavy (non-hydrogen) atoms. The summed E-state index contributed by atoms with van der Waals surface area (Å²) in [4.78, 5) is -0.375. The normalized spacial score (nSPS) is 21.1. The van der Waals surface area contributed by atoms with Crippen LogP contribution in [-0.2, 0) is 10.0 Å². The zero-order chi connectivity index (χ0) is 14.8. The van der Waals surface area contributed by atoms with E-state index in [1.165, 1.54) is 4.31 Å². The van der Waals surface area contributed by atoms with Crippen LogP contribution in [0, 0.1) is 11.6 Å². The number of halogens is 2. The summed E-state index contributed by atoms with van der Waals surface area (Å²) in [6, 6.07) is 1.97. The molecule has 1 aromatic carbocycles. The van der Waals surface area contributed by atoms with E-state index in [-0.39, 0.29) is 17.5 Å². The summed E-state index contributed by atoms with van der Waals surface area (Å²) in [5, 5.41) is 9.02. The molecular formula is C13H17F2NO3S. The number of nitrogens with zero attached hydrogens (tertiary/aromatic N) is 1. The van der Waals surface area contributed by atoms with E-state index in [0.717, 1.165) is 18.6 Å². The van der Waals surface area contributed by atoms with Gasteiger partial charge in [-0.15, -0.1) is 0 Å². The molecule has 0 radical (unpaired) electrons. The molecule has 4 nitrogen and oxygen atoms in total. The van der Waals surface area contributed by atoms with Gasteiger partial charge < -0.3 is 5.11 Å². The molecule has 1 N–H and O–H groups in total. The molecule has 1 heterocycles. The van der Waals surface area contributed by atoms with Gasteiger partial charge in [-0.25, -0.2) is 17.2 Å². The second-order valence-electron chi connectivity index (χ2n) is 4.88. The lowest BCUT2D eigenvalue weighted by Gasteiger charge is -2.34. The fourth-order valence-electron chi connectivity index (χ4n) is 2.54. The van der Waals surface area contributed by atoms with Crippen molar-refractivity contribution in [3.63, 3.8) is 0 Å². The molecule has 1 aromatic rings. The van der Waals surface area contributed by atoms with Crippen LogP contribution in [0.3, 0.4) is 0 Å². The first kappa shape index (κ1) is 15.3. The van der Waals surface area contributed by atoms with Crippen molar-refractivity contribution in [2.45, 2.75) is 36.6 Å². The standard InChI is InChI=1S/C13H17F2NO3S/c14-10-7-11(15)9-13(8-10)20(18,19)16-5-2-1-3-12(16)4-6-17/h7-9,12,17H,1-6H2. The molecule has 0 saturated carbocycles. The van der Waals surface area contributed by atoms with Crippen molar-refractivity contribution in [3.05, 3.63) is 29.8 Å². The number of aliphatic hydroxyl groups is 1. The SMILES string of the molecule is O=S(=O)(c1cc(F)cc(F)c1)N1CCCCC1CCO. The third-order valence-electron chi connectivity index (χ3n) is 3.48. The first-order chi connectivity index (χ1) is 9.45. The zero-order valence-corrected chi connectivity index (χ0v) is 11.7. The minimum Gasteiger partial charge on any atom is -0.396 e. The van der Waals surface area contributed by atoms with Crippen LogP contribution in [0.1, 0.15) is 25.7 Å². The molecule has 1 aliphatic heterocycles. The van der Waals surface area contributed by atoms with Crippen LogP contribution in [0.2, 0.25) is 0 Å². The molecule has 1 unspecified atom stereocenters. The summed E-state index contributed by atoms with van der Waals surface area (Å²) in [6.07, 6.45) is 2.57. The molecular weight excluding hydrogens is 288 g/mol. The maximum absolute atomic E-state index is 13.2. The van der Waals surface area contributed by atoms with Gasteiger partial charge in [-0.1, -0.05) is 6.42 Å². The van der Waals surface area contributed by atoms with Gasteiger partial charge in [0.25, 0.3) is 0 Å². The van der Waals surface area contributed by atoms with Gasteiger partial charge in [-0.3, -0.25) is 0 Å². The third-order valence-corrected chi connectivity index (χ3v) is 5.41. The van der Waals surface area contributed by atoms with Crippen LogP contribution in [0.25, 0.3) is 0 Å². The summed E-state index contributed by atoms with van der Waals surface area (Å²) in [6.45, 7) is 0.194. The highest BCUT2D eigenvalue weighted by Crippen LogP contribution is 2.27. The molecule has 0 aliphatic carbocycles. The highest BCUT2D eigenvalue weighted by Gasteiger charge is 2.33. The van der Waals surface area contributed by atoms with Crippen LogP contribution in [0.15, 0.2) is 23.1 Å². The average molecular weight is 305 g/mol. The Morgan fingerprint density at radius 1 is 1.20 bits per heavy atom. The summed E-state index contributed by atoms with van der Waals surface area (Å²) in [7, 11) is -3.94. The molecule has 1 saturated heterocycles.